The number of azo groups is 1. The van der Waals surface area contributed by atoms with Crippen molar-refractivity contribution in [3.05, 3.63) is 59.7 Å². The molecule has 2 aromatic rings. The van der Waals surface area contributed by atoms with Gasteiger partial charge in [0.1, 0.15) is 5.60 Å². The molecule has 6 heteroatoms. The van der Waals surface area contributed by atoms with E-state index in [2.05, 4.69) is 10.2 Å². The number of primary amides is 1. The van der Waals surface area contributed by atoms with E-state index in [1.807, 2.05) is 24.3 Å². The molecule has 0 unspecified atom stereocenters. The molecule has 0 aromatic heterocycles. The Kier molecular flexibility index (Phi) is 5.64. The maximum atomic E-state index is 11.4. The first kappa shape index (κ1) is 18.3. The van der Waals surface area contributed by atoms with E-state index in [-0.39, 0.29) is 5.78 Å². The standard InChI is InChI=1S/C19H21N3O3/c1-13(23)15-7-5-9-17(11-15)22-21-16-8-4-6-14(10-16)12-19(2,3)25-18(20)24/h4-11H,12H2,1-3H3,(H2,20,24). The van der Waals surface area contributed by atoms with Crippen molar-refractivity contribution < 1.29 is 14.3 Å². The van der Waals surface area contributed by atoms with Crippen LogP contribution in [0.3, 0.4) is 0 Å². The predicted octanol–water partition coefficient (Wildman–Crippen LogP) is 4.72. The lowest BCUT2D eigenvalue weighted by Crippen LogP contribution is -2.33. The summed E-state index contributed by atoms with van der Waals surface area (Å²) < 4.78 is 5.10. The summed E-state index contributed by atoms with van der Waals surface area (Å²) in [5, 5.41) is 8.38. The predicted molar refractivity (Wildman–Crippen MR) is 95.5 cm³/mol. The smallest absolute Gasteiger partial charge is 0.405 e. The van der Waals surface area contributed by atoms with Crippen molar-refractivity contribution in [2.45, 2.75) is 32.8 Å². The van der Waals surface area contributed by atoms with Gasteiger partial charge in [-0.3, -0.25) is 4.79 Å². The maximum absolute atomic E-state index is 11.4. The van der Waals surface area contributed by atoms with Gasteiger partial charge < -0.3 is 10.5 Å². The van der Waals surface area contributed by atoms with Crippen LogP contribution < -0.4 is 5.73 Å². The van der Waals surface area contributed by atoms with E-state index in [9.17, 15) is 9.59 Å². The van der Waals surface area contributed by atoms with Gasteiger partial charge in [-0.15, -0.1) is 0 Å². The Labute approximate surface area is 146 Å². The number of hydrogen-bond acceptors (Lipinski definition) is 5. The highest BCUT2D eigenvalue weighted by Crippen LogP contribution is 2.23. The Morgan fingerprint density at radius 1 is 1.04 bits per heavy atom. The average Bonchev–Trinajstić information content (AvgIpc) is 2.51. The van der Waals surface area contributed by atoms with Gasteiger partial charge in [-0.1, -0.05) is 24.3 Å². The van der Waals surface area contributed by atoms with Gasteiger partial charge in [0.15, 0.2) is 5.78 Å². The molecule has 0 aliphatic rings. The SMILES string of the molecule is CC(=O)c1cccc(N=Nc2cccc(CC(C)(C)OC(N)=O)c2)c1. The van der Waals surface area contributed by atoms with Crippen molar-refractivity contribution in [2.75, 3.05) is 0 Å². The van der Waals surface area contributed by atoms with E-state index < -0.39 is 11.7 Å². The molecule has 0 atom stereocenters. The number of rotatable bonds is 6. The van der Waals surface area contributed by atoms with Crippen LogP contribution in [0.25, 0.3) is 0 Å². The molecule has 0 aliphatic heterocycles. The normalized spacial score (nSPS) is 11.5. The summed E-state index contributed by atoms with van der Waals surface area (Å²) in [6.45, 7) is 5.09. The van der Waals surface area contributed by atoms with Gasteiger partial charge in [-0.25, -0.2) is 4.79 Å². The second-order valence-corrected chi connectivity index (χ2v) is 6.33. The highest BCUT2D eigenvalue weighted by atomic mass is 16.6. The molecule has 2 aromatic carbocycles. The van der Waals surface area contributed by atoms with Crippen LogP contribution in [0, 0.1) is 0 Å². The Morgan fingerprint density at radius 2 is 1.64 bits per heavy atom. The molecule has 0 saturated heterocycles. The fourth-order valence-corrected chi connectivity index (χ4v) is 2.43. The summed E-state index contributed by atoms with van der Waals surface area (Å²) in [7, 11) is 0. The van der Waals surface area contributed by atoms with E-state index >= 15 is 0 Å². The number of carbonyl (C=O) groups excluding carboxylic acids is 2. The number of nitrogens with two attached hydrogens (primary N) is 1. The lowest BCUT2D eigenvalue weighted by atomic mass is 9.98. The average molecular weight is 339 g/mol. The third-order valence-corrected chi connectivity index (χ3v) is 3.45. The lowest BCUT2D eigenvalue weighted by Gasteiger charge is -2.24. The van der Waals surface area contributed by atoms with Crippen LogP contribution in [0.1, 0.15) is 36.7 Å². The van der Waals surface area contributed by atoms with Gasteiger partial charge in [0, 0.05) is 12.0 Å². The Bertz CT molecular complexity index is 813. The molecule has 2 N–H and O–H groups in total. The largest absolute Gasteiger partial charge is 0.443 e. The molecule has 0 radical (unpaired) electrons. The van der Waals surface area contributed by atoms with Crippen molar-refractivity contribution >= 4 is 23.3 Å². The molecule has 0 aliphatic carbocycles. The van der Waals surface area contributed by atoms with E-state index in [1.54, 1.807) is 38.1 Å². The number of amides is 1. The van der Waals surface area contributed by atoms with Crippen molar-refractivity contribution in [2.24, 2.45) is 16.0 Å². The summed E-state index contributed by atoms with van der Waals surface area (Å²) >= 11 is 0. The highest BCUT2D eigenvalue weighted by molar-refractivity contribution is 5.94. The number of carbonyl (C=O) groups is 2. The monoisotopic (exact) mass is 339 g/mol. The van der Waals surface area contributed by atoms with E-state index in [4.69, 9.17) is 10.5 Å². The molecule has 0 bridgehead atoms. The summed E-state index contributed by atoms with van der Waals surface area (Å²) in [4.78, 5) is 22.4. The summed E-state index contributed by atoms with van der Waals surface area (Å²) in [6, 6.07) is 14.4. The molecule has 1 amide bonds. The second kappa shape index (κ2) is 7.70. The first-order valence-corrected chi connectivity index (χ1v) is 7.85. The quantitative estimate of drug-likeness (QED) is 0.609. The number of benzene rings is 2. The van der Waals surface area contributed by atoms with Gasteiger partial charge in [0.2, 0.25) is 0 Å². The molecule has 0 fully saturated rings. The van der Waals surface area contributed by atoms with Crippen LogP contribution >= 0.6 is 0 Å². The topological polar surface area (TPSA) is 94.1 Å². The van der Waals surface area contributed by atoms with E-state index in [0.29, 0.717) is 23.4 Å². The number of Topliss-reactive ketones (excluding diaryl/α,β-unsaturated/α-hetero) is 1. The van der Waals surface area contributed by atoms with E-state index in [1.165, 1.54) is 6.92 Å². The molecule has 0 spiro atoms. The number of nitrogens with zero attached hydrogens (tertiary/aromatic N) is 2. The van der Waals surface area contributed by atoms with Gasteiger partial charge in [0.25, 0.3) is 0 Å². The van der Waals surface area contributed by atoms with Crippen molar-refractivity contribution in [3.8, 4) is 0 Å². The fourth-order valence-electron chi connectivity index (χ4n) is 2.43. The third kappa shape index (κ3) is 5.84. The van der Waals surface area contributed by atoms with Crippen LogP contribution in [0.4, 0.5) is 16.2 Å². The number of ether oxygens (including phenoxy) is 1. The zero-order valence-corrected chi connectivity index (χ0v) is 14.5. The Hall–Kier alpha value is -3.02. The first-order chi connectivity index (χ1) is 11.7. The molecule has 25 heavy (non-hydrogen) atoms. The highest BCUT2D eigenvalue weighted by Gasteiger charge is 2.22. The number of ketones is 1. The van der Waals surface area contributed by atoms with Crippen molar-refractivity contribution in [1.29, 1.82) is 0 Å². The summed E-state index contributed by atoms with van der Waals surface area (Å²) in [6.07, 6.45) is -0.301. The van der Waals surface area contributed by atoms with E-state index in [0.717, 1.165) is 5.56 Å². The zero-order chi connectivity index (χ0) is 18.4. The van der Waals surface area contributed by atoms with Crippen LogP contribution in [0.15, 0.2) is 58.8 Å². The minimum absolute atomic E-state index is 0.0178. The fraction of sp³-hybridized carbons (Fsp3) is 0.263. The minimum Gasteiger partial charge on any atom is -0.443 e. The molecular formula is C19H21N3O3. The van der Waals surface area contributed by atoms with Crippen LogP contribution in [-0.2, 0) is 11.2 Å². The molecule has 0 heterocycles. The summed E-state index contributed by atoms with van der Waals surface area (Å²) in [5.41, 5.74) is 7.19. The molecular weight excluding hydrogens is 318 g/mol. The van der Waals surface area contributed by atoms with Gasteiger partial charge in [-0.05, 0) is 50.6 Å². The molecule has 0 saturated carbocycles. The van der Waals surface area contributed by atoms with Gasteiger partial charge >= 0.3 is 6.09 Å². The molecule has 130 valence electrons. The van der Waals surface area contributed by atoms with Crippen molar-refractivity contribution in [1.82, 2.24) is 0 Å². The van der Waals surface area contributed by atoms with Crippen LogP contribution in [0.2, 0.25) is 0 Å². The second-order valence-electron chi connectivity index (χ2n) is 6.33. The maximum Gasteiger partial charge on any atom is 0.405 e. The van der Waals surface area contributed by atoms with Crippen LogP contribution in [0.5, 0.6) is 0 Å². The summed E-state index contributed by atoms with van der Waals surface area (Å²) in [5.74, 6) is -0.0178. The van der Waals surface area contributed by atoms with Gasteiger partial charge in [-0.2, -0.15) is 10.2 Å². The van der Waals surface area contributed by atoms with Gasteiger partial charge in [0.05, 0.1) is 11.4 Å². The van der Waals surface area contributed by atoms with Crippen molar-refractivity contribution in [3.63, 3.8) is 0 Å². The third-order valence-electron chi connectivity index (χ3n) is 3.45. The first-order valence-electron chi connectivity index (χ1n) is 7.85. The Morgan fingerprint density at radius 3 is 2.24 bits per heavy atom. The minimum atomic E-state index is -0.800. The molecule has 6 nitrogen and oxygen atoms in total. The lowest BCUT2D eigenvalue weighted by molar-refractivity contribution is 0.0460. The van der Waals surface area contributed by atoms with Crippen LogP contribution in [-0.4, -0.2) is 17.5 Å². The molecule has 2 rings (SSSR count). The number of hydrogen-bond donors (Lipinski definition) is 1. The zero-order valence-electron chi connectivity index (χ0n) is 14.5. The Balaban J connectivity index is 2.15.